The lowest BCUT2D eigenvalue weighted by Gasteiger charge is -2.42. The molecule has 2 heterocycles. The van der Waals surface area contributed by atoms with Crippen LogP contribution >= 0.6 is 0 Å². The van der Waals surface area contributed by atoms with E-state index in [1.54, 1.807) is 6.26 Å². The fourth-order valence-electron chi connectivity index (χ4n) is 4.01. The highest BCUT2D eigenvalue weighted by molar-refractivity contribution is 5.81. The molecule has 0 unspecified atom stereocenters. The number of rotatable bonds is 7. The van der Waals surface area contributed by atoms with E-state index in [-0.39, 0.29) is 12.2 Å². The molecular formula is C19H27NO3. The van der Waals surface area contributed by atoms with E-state index in [1.165, 1.54) is 6.42 Å². The monoisotopic (exact) mass is 317 g/mol. The van der Waals surface area contributed by atoms with Crippen molar-refractivity contribution in [2.45, 2.75) is 37.7 Å². The number of para-hydroxylation sites is 1. The summed E-state index contributed by atoms with van der Waals surface area (Å²) in [7, 11) is 1.81. The Hall–Kier alpha value is -1.36. The molecule has 1 aromatic carbocycles. The third-order valence-corrected chi connectivity index (χ3v) is 5.21. The molecule has 126 valence electrons. The second kappa shape index (κ2) is 7.47. The zero-order chi connectivity index (χ0) is 16.1. The molecule has 4 heteroatoms. The first-order valence-electron chi connectivity index (χ1n) is 8.65. The Kier molecular flexibility index (Phi) is 5.36. The van der Waals surface area contributed by atoms with Gasteiger partial charge in [0.25, 0.3) is 0 Å². The molecule has 0 bridgehead atoms. The summed E-state index contributed by atoms with van der Waals surface area (Å²) in [5.41, 5.74) is 1.72. The lowest BCUT2D eigenvalue weighted by atomic mass is 9.74. The molecule has 3 rings (SSSR count). The number of fused-ring (bicyclic) bond motifs is 1. The molecule has 0 amide bonds. The van der Waals surface area contributed by atoms with Gasteiger partial charge in [-0.05, 0) is 44.7 Å². The predicted octanol–water partition coefficient (Wildman–Crippen LogP) is 3.44. The Morgan fingerprint density at radius 3 is 3.00 bits per heavy atom. The van der Waals surface area contributed by atoms with Crippen molar-refractivity contribution >= 4 is 11.0 Å². The molecule has 4 nitrogen and oxygen atoms in total. The van der Waals surface area contributed by atoms with Crippen LogP contribution in [0, 0.1) is 5.92 Å². The molecule has 1 saturated heterocycles. The van der Waals surface area contributed by atoms with Crippen LogP contribution in [-0.2, 0) is 10.3 Å². The van der Waals surface area contributed by atoms with Crippen molar-refractivity contribution in [1.29, 1.82) is 0 Å². The van der Waals surface area contributed by atoms with Crippen molar-refractivity contribution in [3.8, 4) is 0 Å². The Morgan fingerprint density at radius 1 is 1.35 bits per heavy atom. The van der Waals surface area contributed by atoms with E-state index in [0.717, 1.165) is 55.3 Å². The molecule has 1 aliphatic heterocycles. The highest BCUT2D eigenvalue weighted by Gasteiger charge is 2.42. The van der Waals surface area contributed by atoms with Crippen LogP contribution in [0.5, 0.6) is 0 Å². The van der Waals surface area contributed by atoms with Gasteiger partial charge in [-0.25, -0.2) is 0 Å². The lowest BCUT2D eigenvalue weighted by molar-refractivity contribution is -0.0792. The summed E-state index contributed by atoms with van der Waals surface area (Å²) in [6, 6.07) is 8.31. The molecule has 0 radical (unpaired) electrons. The highest BCUT2D eigenvalue weighted by atomic mass is 16.5. The quantitative estimate of drug-likeness (QED) is 0.768. The number of nitrogens with one attached hydrogen (secondary N) is 1. The largest absolute Gasteiger partial charge is 0.464 e. The molecular weight excluding hydrogens is 290 g/mol. The van der Waals surface area contributed by atoms with Crippen molar-refractivity contribution in [2.75, 3.05) is 26.8 Å². The molecule has 2 N–H and O–H groups in total. The van der Waals surface area contributed by atoms with Gasteiger partial charge in [0.05, 0.1) is 6.26 Å². The first kappa shape index (κ1) is 16.5. The van der Waals surface area contributed by atoms with Crippen LogP contribution in [0.2, 0.25) is 0 Å². The van der Waals surface area contributed by atoms with Gasteiger partial charge in [0.15, 0.2) is 0 Å². The lowest BCUT2D eigenvalue weighted by Crippen LogP contribution is -2.45. The standard InChI is InChI=1S/C19H27NO3/c1-22-19(10-2-3-12-21,16-7-5-11-20-14-16)17-8-4-6-15-9-13-23-18(15)17/h4,6,8-9,13,16,20-21H,2-3,5,7,10-12,14H2,1H3/t16-,19+/m1/s1. The van der Waals surface area contributed by atoms with Crippen molar-refractivity contribution in [3.63, 3.8) is 0 Å². The van der Waals surface area contributed by atoms with Crippen LogP contribution in [0.1, 0.15) is 37.7 Å². The topological polar surface area (TPSA) is 54.6 Å². The van der Waals surface area contributed by atoms with E-state index < -0.39 is 0 Å². The Morgan fingerprint density at radius 2 is 2.26 bits per heavy atom. The summed E-state index contributed by atoms with van der Waals surface area (Å²) in [6.45, 7) is 2.27. The second-order valence-corrected chi connectivity index (χ2v) is 6.46. The van der Waals surface area contributed by atoms with E-state index >= 15 is 0 Å². The summed E-state index contributed by atoms with van der Waals surface area (Å²) < 4.78 is 12.0. The predicted molar refractivity (Wildman–Crippen MR) is 91.4 cm³/mol. The Bertz CT molecular complexity index is 618. The van der Waals surface area contributed by atoms with E-state index in [0.29, 0.717) is 5.92 Å². The van der Waals surface area contributed by atoms with Crippen LogP contribution in [0.25, 0.3) is 11.0 Å². The number of piperidine rings is 1. The van der Waals surface area contributed by atoms with Gasteiger partial charge in [0.2, 0.25) is 0 Å². The van der Waals surface area contributed by atoms with Gasteiger partial charge in [-0.1, -0.05) is 18.2 Å². The maximum Gasteiger partial charge on any atom is 0.139 e. The number of unbranched alkanes of at least 4 members (excludes halogenated alkanes) is 1. The molecule has 23 heavy (non-hydrogen) atoms. The van der Waals surface area contributed by atoms with Gasteiger partial charge in [0, 0.05) is 37.1 Å². The summed E-state index contributed by atoms with van der Waals surface area (Å²) in [5.74, 6) is 0.413. The number of hydrogen-bond acceptors (Lipinski definition) is 4. The molecule has 2 atom stereocenters. The van der Waals surface area contributed by atoms with Crippen molar-refractivity contribution < 1.29 is 14.3 Å². The van der Waals surface area contributed by atoms with E-state index in [1.807, 2.05) is 13.2 Å². The third-order valence-electron chi connectivity index (χ3n) is 5.21. The highest BCUT2D eigenvalue weighted by Crippen LogP contribution is 2.44. The second-order valence-electron chi connectivity index (χ2n) is 6.46. The third kappa shape index (κ3) is 3.16. The molecule has 0 aliphatic carbocycles. The summed E-state index contributed by atoms with van der Waals surface area (Å²) in [6.07, 6.45) is 6.72. The van der Waals surface area contributed by atoms with Gasteiger partial charge in [-0.2, -0.15) is 0 Å². The molecule has 1 fully saturated rings. The van der Waals surface area contributed by atoms with Crippen LogP contribution in [-0.4, -0.2) is 31.9 Å². The normalized spacial score (nSPS) is 21.4. The van der Waals surface area contributed by atoms with Crippen LogP contribution in [0.15, 0.2) is 34.9 Å². The number of hydrogen-bond donors (Lipinski definition) is 2. The number of ether oxygens (including phenoxy) is 1. The van der Waals surface area contributed by atoms with Crippen LogP contribution in [0.3, 0.4) is 0 Å². The van der Waals surface area contributed by atoms with Gasteiger partial charge in [-0.15, -0.1) is 0 Å². The average Bonchev–Trinajstić information content (AvgIpc) is 3.09. The number of furan rings is 1. The van der Waals surface area contributed by atoms with Gasteiger partial charge in [-0.3, -0.25) is 0 Å². The van der Waals surface area contributed by atoms with Gasteiger partial charge < -0.3 is 19.6 Å². The number of aliphatic hydroxyl groups excluding tert-OH is 1. The van der Waals surface area contributed by atoms with E-state index in [9.17, 15) is 5.11 Å². The first-order valence-corrected chi connectivity index (χ1v) is 8.65. The summed E-state index contributed by atoms with van der Waals surface area (Å²) in [4.78, 5) is 0. The fraction of sp³-hybridized carbons (Fsp3) is 0.579. The zero-order valence-corrected chi connectivity index (χ0v) is 13.9. The SMILES string of the molecule is CO[C@](CCCCO)(c1cccc2ccoc12)[C@@H]1CCCNC1. The maximum absolute atomic E-state index is 9.18. The molecule has 2 aromatic rings. The zero-order valence-electron chi connectivity index (χ0n) is 13.9. The minimum Gasteiger partial charge on any atom is -0.464 e. The molecule has 0 spiro atoms. The molecule has 1 aromatic heterocycles. The Balaban J connectivity index is 2.03. The summed E-state index contributed by atoms with van der Waals surface area (Å²) in [5, 5.41) is 13.8. The molecule has 1 aliphatic rings. The van der Waals surface area contributed by atoms with Gasteiger partial charge in [0.1, 0.15) is 11.2 Å². The van der Waals surface area contributed by atoms with Crippen LogP contribution in [0.4, 0.5) is 0 Å². The van der Waals surface area contributed by atoms with E-state index in [2.05, 4.69) is 23.5 Å². The fourth-order valence-corrected chi connectivity index (χ4v) is 4.01. The van der Waals surface area contributed by atoms with Crippen molar-refractivity contribution in [1.82, 2.24) is 5.32 Å². The van der Waals surface area contributed by atoms with Crippen molar-refractivity contribution in [2.24, 2.45) is 5.92 Å². The van der Waals surface area contributed by atoms with Crippen LogP contribution < -0.4 is 5.32 Å². The van der Waals surface area contributed by atoms with Crippen molar-refractivity contribution in [3.05, 3.63) is 36.1 Å². The minimum atomic E-state index is -0.361. The van der Waals surface area contributed by atoms with Gasteiger partial charge >= 0.3 is 0 Å². The molecule has 0 saturated carbocycles. The Labute approximate surface area is 137 Å². The maximum atomic E-state index is 9.18. The van der Waals surface area contributed by atoms with E-state index in [4.69, 9.17) is 9.15 Å². The summed E-state index contributed by atoms with van der Waals surface area (Å²) >= 11 is 0. The smallest absolute Gasteiger partial charge is 0.139 e. The first-order chi connectivity index (χ1) is 11.3. The number of methoxy groups -OCH3 is 1. The average molecular weight is 317 g/mol. The number of benzene rings is 1. The minimum absolute atomic E-state index is 0.230. The number of aliphatic hydroxyl groups is 1.